The molecule has 2 aromatic carbocycles. The Hall–Kier alpha value is -2.86. The van der Waals surface area contributed by atoms with Gasteiger partial charge < -0.3 is 20.7 Å². The SMILES string of the molecule is COCC(=O)Nc1cccc(NCC(=O)NCCc2ccc(C(C)C)cc2)c1. The average molecular weight is 383 g/mol. The van der Waals surface area contributed by atoms with Crippen molar-refractivity contribution in [1.82, 2.24) is 5.32 Å². The van der Waals surface area contributed by atoms with Crippen LogP contribution in [0.1, 0.15) is 30.9 Å². The molecule has 0 aliphatic heterocycles. The molecule has 28 heavy (non-hydrogen) atoms. The van der Waals surface area contributed by atoms with E-state index in [4.69, 9.17) is 4.74 Å². The van der Waals surface area contributed by atoms with Gasteiger partial charge in [-0.3, -0.25) is 9.59 Å². The largest absolute Gasteiger partial charge is 0.376 e. The van der Waals surface area contributed by atoms with Crippen molar-refractivity contribution in [3.05, 3.63) is 59.7 Å². The van der Waals surface area contributed by atoms with Crippen molar-refractivity contribution >= 4 is 23.2 Å². The molecule has 150 valence electrons. The topological polar surface area (TPSA) is 79.5 Å². The van der Waals surface area contributed by atoms with Gasteiger partial charge in [0.15, 0.2) is 0 Å². The standard InChI is InChI=1S/C22H29N3O3/c1-16(2)18-9-7-17(8-10-18)11-12-23-21(26)14-24-19-5-4-6-20(13-19)25-22(27)15-28-3/h4-10,13,16,24H,11-12,14-15H2,1-3H3,(H,23,26)(H,25,27). The molecular formula is C22H29N3O3. The Balaban J connectivity index is 1.72. The maximum Gasteiger partial charge on any atom is 0.250 e. The summed E-state index contributed by atoms with van der Waals surface area (Å²) < 4.78 is 4.79. The molecule has 6 heteroatoms. The van der Waals surface area contributed by atoms with Crippen LogP contribution in [0.15, 0.2) is 48.5 Å². The predicted molar refractivity (Wildman–Crippen MR) is 113 cm³/mol. The second kappa shape index (κ2) is 11.1. The molecule has 6 nitrogen and oxygen atoms in total. The lowest BCUT2D eigenvalue weighted by Crippen LogP contribution is -2.31. The zero-order chi connectivity index (χ0) is 20.4. The van der Waals surface area contributed by atoms with E-state index in [-0.39, 0.29) is 25.0 Å². The fourth-order valence-electron chi connectivity index (χ4n) is 2.70. The van der Waals surface area contributed by atoms with Crippen molar-refractivity contribution in [1.29, 1.82) is 0 Å². The van der Waals surface area contributed by atoms with E-state index in [1.165, 1.54) is 18.2 Å². The summed E-state index contributed by atoms with van der Waals surface area (Å²) in [6.07, 6.45) is 0.797. The summed E-state index contributed by atoms with van der Waals surface area (Å²) in [6.45, 7) is 5.10. The van der Waals surface area contributed by atoms with Crippen LogP contribution < -0.4 is 16.0 Å². The number of nitrogens with one attached hydrogen (secondary N) is 3. The van der Waals surface area contributed by atoms with Crippen LogP contribution in [0.3, 0.4) is 0 Å². The van der Waals surface area contributed by atoms with E-state index in [2.05, 4.69) is 54.1 Å². The molecule has 0 aliphatic carbocycles. The minimum absolute atomic E-state index is 0.000257. The summed E-state index contributed by atoms with van der Waals surface area (Å²) in [5.41, 5.74) is 3.93. The number of ether oxygens (including phenoxy) is 1. The highest BCUT2D eigenvalue weighted by molar-refractivity contribution is 5.92. The zero-order valence-corrected chi connectivity index (χ0v) is 16.7. The van der Waals surface area contributed by atoms with Crippen LogP contribution in [0.25, 0.3) is 0 Å². The average Bonchev–Trinajstić information content (AvgIpc) is 2.67. The van der Waals surface area contributed by atoms with Crippen LogP contribution in [0.4, 0.5) is 11.4 Å². The fraction of sp³-hybridized carbons (Fsp3) is 0.364. The Morgan fingerprint density at radius 1 is 1.00 bits per heavy atom. The van der Waals surface area contributed by atoms with Gasteiger partial charge in [0, 0.05) is 25.0 Å². The molecule has 0 bridgehead atoms. The van der Waals surface area contributed by atoms with Crippen LogP contribution in [0.2, 0.25) is 0 Å². The summed E-state index contributed by atoms with van der Waals surface area (Å²) in [5.74, 6) is 0.220. The smallest absolute Gasteiger partial charge is 0.250 e. The van der Waals surface area contributed by atoms with Gasteiger partial charge in [-0.15, -0.1) is 0 Å². The second-order valence-electron chi connectivity index (χ2n) is 6.91. The summed E-state index contributed by atoms with van der Waals surface area (Å²) in [4.78, 5) is 23.6. The summed E-state index contributed by atoms with van der Waals surface area (Å²) in [6, 6.07) is 15.7. The molecule has 0 radical (unpaired) electrons. The number of amides is 2. The third-order valence-electron chi connectivity index (χ3n) is 4.26. The van der Waals surface area contributed by atoms with Crippen LogP contribution in [0.5, 0.6) is 0 Å². The maximum atomic E-state index is 12.0. The first-order valence-corrected chi connectivity index (χ1v) is 9.46. The summed E-state index contributed by atoms with van der Waals surface area (Å²) in [5, 5.41) is 8.71. The monoisotopic (exact) mass is 383 g/mol. The van der Waals surface area contributed by atoms with Crippen LogP contribution in [0, 0.1) is 0 Å². The van der Waals surface area contributed by atoms with E-state index in [0.717, 1.165) is 12.1 Å². The molecule has 0 spiro atoms. The molecule has 0 aromatic heterocycles. The Morgan fingerprint density at radius 3 is 2.39 bits per heavy atom. The van der Waals surface area contributed by atoms with Gasteiger partial charge in [0.05, 0.1) is 6.54 Å². The van der Waals surface area contributed by atoms with Gasteiger partial charge in [0.25, 0.3) is 0 Å². The number of carbonyl (C=O) groups is 2. The van der Waals surface area contributed by atoms with Crippen LogP contribution in [-0.2, 0) is 20.7 Å². The minimum Gasteiger partial charge on any atom is -0.376 e. The number of carbonyl (C=O) groups excluding carboxylic acids is 2. The van der Waals surface area contributed by atoms with Gasteiger partial charge >= 0.3 is 0 Å². The first-order chi connectivity index (χ1) is 13.5. The Bertz CT molecular complexity index is 773. The second-order valence-corrected chi connectivity index (χ2v) is 6.91. The highest BCUT2D eigenvalue weighted by atomic mass is 16.5. The van der Waals surface area contributed by atoms with Gasteiger partial charge in [-0.2, -0.15) is 0 Å². The predicted octanol–water partition coefficient (Wildman–Crippen LogP) is 3.17. The van der Waals surface area contributed by atoms with E-state index in [9.17, 15) is 9.59 Å². The first-order valence-electron chi connectivity index (χ1n) is 9.46. The van der Waals surface area contributed by atoms with E-state index in [0.29, 0.717) is 18.2 Å². The van der Waals surface area contributed by atoms with Crippen LogP contribution in [-0.4, -0.2) is 38.6 Å². The zero-order valence-electron chi connectivity index (χ0n) is 16.7. The van der Waals surface area contributed by atoms with Crippen molar-refractivity contribution in [2.45, 2.75) is 26.2 Å². The Kier molecular flexibility index (Phi) is 8.49. The summed E-state index contributed by atoms with van der Waals surface area (Å²) >= 11 is 0. The lowest BCUT2D eigenvalue weighted by molar-refractivity contribution is -0.120. The molecule has 0 atom stereocenters. The lowest BCUT2D eigenvalue weighted by atomic mass is 10.0. The lowest BCUT2D eigenvalue weighted by Gasteiger charge is -2.10. The van der Waals surface area contributed by atoms with Gasteiger partial charge in [0.2, 0.25) is 11.8 Å². The van der Waals surface area contributed by atoms with Crippen molar-refractivity contribution in [2.75, 3.05) is 37.4 Å². The van der Waals surface area contributed by atoms with Crippen molar-refractivity contribution in [3.63, 3.8) is 0 Å². The number of hydrogen-bond donors (Lipinski definition) is 3. The Morgan fingerprint density at radius 2 is 1.71 bits per heavy atom. The molecule has 0 heterocycles. The molecule has 0 aliphatic rings. The molecular weight excluding hydrogens is 354 g/mol. The molecule has 2 rings (SSSR count). The van der Waals surface area contributed by atoms with Gasteiger partial charge in [-0.25, -0.2) is 0 Å². The van der Waals surface area contributed by atoms with Crippen molar-refractivity contribution in [3.8, 4) is 0 Å². The third kappa shape index (κ3) is 7.40. The minimum atomic E-state index is -0.223. The van der Waals surface area contributed by atoms with Crippen molar-refractivity contribution in [2.24, 2.45) is 0 Å². The molecule has 3 N–H and O–H groups in total. The van der Waals surface area contributed by atoms with E-state index in [1.54, 1.807) is 12.1 Å². The summed E-state index contributed by atoms with van der Waals surface area (Å²) in [7, 11) is 1.47. The molecule has 0 fully saturated rings. The molecule has 0 unspecified atom stereocenters. The quantitative estimate of drug-likeness (QED) is 0.589. The fourth-order valence-corrected chi connectivity index (χ4v) is 2.70. The van der Waals surface area contributed by atoms with E-state index >= 15 is 0 Å². The van der Waals surface area contributed by atoms with E-state index < -0.39 is 0 Å². The molecule has 2 aromatic rings. The normalized spacial score (nSPS) is 10.6. The van der Waals surface area contributed by atoms with Crippen LogP contribution >= 0.6 is 0 Å². The van der Waals surface area contributed by atoms with Gasteiger partial charge in [-0.1, -0.05) is 44.2 Å². The number of anilines is 2. The number of methoxy groups -OCH3 is 1. The Labute approximate surface area is 166 Å². The first kappa shape index (κ1) is 21.4. The van der Waals surface area contributed by atoms with Gasteiger partial charge in [0.1, 0.15) is 6.61 Å². The van der Waals surface area contributed by atoms with E-state index in [1.807, 2.05) is 12.1 Å². The molecule has 0 saturated heterocycles. The maximum absolute atomic E-state index is 12.0. The van der Waals surface area contributed by atoms with Gasteiger partial charge in [-0.05, 0) is 41.7 Å². The highest BCUT2D eigenvalue weighted by Crippen LogP contribution is 2.15. The van der Waals surface area contributed by atoms with Crippen molar-refractivity contribution < 1.29 is 14.3 Å². The number of benzene rings is 2. The number of rotatable bonds is 10. The highest BCUT2D eigenvalue weighted by Gasteiger charge is 2.05. The number of hydrogen-bond acceptors (Lipinski definition) is 4. The third-order valence-corrected chi connectivity index (χ3v) is 4.26. The molecule has 0 saturated carbocycles. The molecule has 2 amide bonds.